The van der Waals surface area contributed by atoms with Crippen molar-refractivity contribution in [3.8, 4) is 5.75 Å². The van der Waals surface area contributed by atoms with E-state index in [0.717, 1.165) is 5.56 Å². The highest BCUT2D eigenvalue weighted by atomic mass is 35.5. The monoisotopic (exact) mass is 320 g/mol. The number of carbonyl (C=O) groups is 2. The number of ketones is 1. The normalized spacial score (nSPS) is 16.0. The molecule has 1 atom stereocenters. The van der Waals surface area contributed by atoms with Crippen molar-refractivity contribution in [2.75, 3.05) is 7.11 Å². The van der Waals surface area contributed by atoms with Crippen molar-refractivity contribution in [1.82, 2.24) is 0 Å². The molecule has 2 heterocycles. The summed E-state index contributed by atoms with van der Waals surface area (Å²) in [5, 5.41) is 0.297. The largest absolute Gasteiger partial charge is 0.478 e. The number of carbonyl (C=O) groups excluding carboxylic acids is 2. The second kappa shape index (κ2) is 5.50. The SMILES string of the molecule is COC(=O)C1Cc2cc(C(=O)c3ccco3)c(Cl)c(C)c2O1. The number of furan rings is 1. The molecule has 114 valence electrons. The lowest BCUT2D eigenvalue weighted by atomic mass is 9.99. The summed E-state index contributed by atoms with van der Waals surface area (Å²) < 4.78 is 15.4. The zero-order chi connectivity index (χ0) is 15.9. The standard InChI is InChI=1S/C16H13ClO5/c1-8-13(17)10(14(18)11-4-3-5-21-11)6-9-7-12(16(19)20-2)22-15(8)9/h3-6,12H,7H2,1-2H3. The van der Waals surface area contributed by atoms with Gasteiger partial charge in [0.15, 0.2) is 11.9 Å². The first-order chi connectivity index (χ1) is 10.5. The van der Waals surface area contributed by atoms with Crippen molar-refractivity contribution >= 4 is 23.4 Å². The van der Waals surface area contributed by atoms with Crippen LogP contribution >= 0.6 is 11.6 Å². The highest BCUT2D eigenvalue weighted by Gasteiger charge is 2.33. The molecule has 0 saturated carbocycles. The van der Waals surface area contributed by atoms with Crippen LogP contribution in [0.4, 0.5) is 0 Å². The summed E-state index contributed by atoms with van der Waals surface area (Å²) in [6.45, 7) is 1.75. The molecule has 1 unspecified atom stereocenters. The van der Waals surface area contributed by atoms with E-state index in [1.54, 1.807) is 25.1 Å². The lowest BCUT2D eigenvalue weighted by Gasteiger charge is -2.11. The topological polar surface area (TPSA) is 65.7 Å². The fourth-order valence-corrected chi connectivity index (χ4v) is 2.74. The molecule has 0 radical (unpaired) electrons. The van der Waals surface area contributed by atoms with Crippen molar-refractivity contribution < 1.29 is 23.5 Å². The third kappa shape index (κ3) is 2.27. The maximum atomic E-state index is 12.4. The number of rotatable bonds is 3. The number of fused-ring (bicyclic) bond motifs is 1. The van der Waals surface area contributed by atoms with Gasteiger partial charge in [0.2, 0.25) is 5.78 Å². The molecule has 0 saturated heterocycles. The van der Waals surface area contributed by atoms with Gasteiger partial charge in [0.1, 0.15) is 5.75 Å². The number of methoxy groups -OCH3 is 1. The van der Waals surface area contributed by atoms with Crippen LogP contribution in [0.1, 0.15) is 27.2 Å². The first-order valence-electron chi connectivity index (χ1n) is 6.67. The van der Waals surface area contributed by atoms with Gasteiger partial charge < -0.3 is 13.9 Å². The molecule has 0 aliphatic carbocycles. The van der Waals surface area contributed by atoms with E-state index in [1.807, 2.05) is 0 Å². The van der Waals surface area contributed by atoms with Crippen molar-refractivity contribution in [3.05, 3.63) is 51.9 Å². The maximum Gasteiger partial charge on any atom is 0.347 e. The van der Waals surface area contributed by atoms with Crippen LogP contribution in [0.15, 0.2) is 28.9 Å². The van der Waals surface area contributed by atoms with Gasteiger partial charge >= 0.3 is 5.97 Å². The van der Waals surface area contributed by atoms with Crippen LogP contribution < -0.4 is 4.74 Å². The fraction of sp³-hybridized carbons (Fsp3) is 0.250. The molecular formula is C16H13ClO5. The van der Waals surface area contributed by atoms with Crippen molar-refractivity contribution in [2.45, 2.75) is 19.4 Å². The Bertz CT molecular complexity index is 748. The smallest absolute Gasteiger partial charge is 0.347 e. The lowest BCUT2D eigenvalue weighted by Crippen LogP contribution is -2.26. The van der Waals surface area contributed by atoms with E-state index in [0.29, 0.717) is 28.3 Å². The number of benzene rings is 1. The molecular weight excluding hydrogens is 308 g/mol. The lowest BCUT2D eigenvalue weighted by molar-refractivity contribution is -0.147. The van der Waals surface area contributed by atoms with Crippen molar-refractivity contribution in [3.63, 3.8) is 0 Å². The Kier molecular flexibility index (Phi) is 3.66. The van der Waals surface area contributed by atoms with Gasteiger partial charge in [-0.3, -0.25) is 4.79 Å². The summed E-state index contributed by atoms with van der Waals surface area (Å²) in [4.78, 5) is 24.1. The van der Waals surface area contributed by atoms with Crippen LogP contribution in [-0.2, 0) is 16.0 Å². The van der Waals surface area contributed by atoms with E-state index in [4.69, 9.17) is 25.5 Å². The molecule has 3 rings (SSSR count). The molecule has 1 aliphatic rings. The Labute approximate surface area is 131 Å². The van der Waals surface area contributed by atoms with Gasteiger partial charge in [0.25, 0.3) is 0 Å². The molecule has 0 fully saturated rings. The second-order valence-electron chi connectivity index (χ2n) is 4.99. The molecule has 1 aromatic heterocycles. The summed E-state index contributed by atoms with van der Waals surface area (Å²) in [5.41, 5.74) is 1.72. The Hall–Kier alpha value is -2.27. The summed E-state index contributed by atoms with van der Waals surface area (Å²) in [6.07, 6.45) is 1.07. The molecule has 1 aromatic carbocycles. The van der Waals surface area contributed by atoms with E-state index in [1.165, 1.54) is 13.4 Å². The van der Waals surface area contributed by atoms with Crippen LogP contribution in [0.2, 0.25) is 5.02 Å². The number of esters is 1. The summed E-state index contributed by atoms with van der Waals surface area (Å²) in [6, 6.07) is 4.87. The predicted octanol–water partition coefficient (Wildman–Crippen LogP) is 2.95. The van der Waals surface area contributed by atoms with Gasteiger partial charge in [-0.1, -0.05) is 11.6 Å². The van der Waals surface area contributed by atoms with Crippen LogP contribution in [0.5, 0.6) is 5.75 Å². The van der Waals surface area contributed by atoms with Crippen molar-refractivity contribution in [1.29, 1.82) is 0 Å². The summed E-state index contributed by atoms with van der Waals surface area (Å²) in [7, 11) is 1.31. The average Bonchev–Trinajstić information content (AvgIpc) is 3.18. The average molecular weight is 321 g/mol. The second-order valence-corrected chi connectivity index (χ2v) is 5.37. The van der Waals surface area contributed by atoms with E-state index < -0.39 is 12.1 Å². The van der Waals surface area contributed by atoms with Crippen molar-refractivity contribution in [2.24, 2.45) is 0 Å². The van der Waals surface area contributed by atoms with E-state index in [9.17, 15) is 9.59 Å². The van der Waals surface area contributed by atoms with Crippen LogP contribution in [0.25, 0.3) is 0 Å². The Morgan fingerprint density at radius 1 is 1.41 bits per heavy atom. The first-order valence-corrected chi connectivity index (χ1v) is 7.05. The zero-order valence-corrected chi connectivity index (χ0v) is 12.8. The molecule has 6 heteroatoms. The minimum Gasteiger partial charge on any atom is -0.478 e. The number of hydrogen-bond donors (Lipinski definition) is 0. The number of hydrogen-bond acceptors (Lipinski definition) is 5. The molecule has 22 heavy (non-hydrogen) atoms. The predicted molar refractivity (Wildman–Crippen MR) is 78.5 cm³/mol. The van der Waals surface area contributed by atoms with Crippen LogP contribution in [-0.4, -0.2) is 25.0 Å². The third-order valence-corrected chi connectivity index (χ3v) is 4.12. The molecule has 0 N–H and O–H groups in total. The summed E-state index contributed by atoms with van der Waals surface area (Å²) >= 11 is 6.29. The third-order valence-electron chi connectivity index (χ3n) is 3.64. The molecule has 0 spiro atoms. The molecule has 1 aliphatic heterocycles. The van der Waals surface area contributed by atoms with Crippen LogP contribution in [0.3, 0.4) is 0 Å². The van der Waals surface area contributed by atoms with Gasteiger partial charge in [-0.25, -0.2) is 4.79 Å². The van der Waals surface area contributed by atoms with Gasteiger partial charge in [-0.15, -0.1) is 0 Å². The molecule has 0 bridgehead atoms. The first kappa shape index (κ1) is 14.7. The van der Waals surface area contributed by atoms with Gasteiger partial charge in [0, 0.05) is 17.5 Å². The Morgan fingerprint density at radius 3 is 2.82 bits per heavy atom. The van der Waals surface area contributed by atoms with Crippen LogP contribution in [0, 0.1) is 6.92 Å². The highest BCUT2D eigenvalue weighted by Crippen LogP contribution is 2.39. The molecule has 5 nitrogen and oxygen atoms in total. The van der Waals surface area contributed by atoms with E-state index >= 15 is 0 Å². The van der Waals surface area contributed by atoms with Gasteiger partial charge in [0.05, 0.1) is 18.4 Å². The minimum absolute atomic E-state index is 0.213. The van der Waals surface area contributed by atoms with Gasteiger partial charge in [-0.2, -0.15) is 0 Å². The minimum atomic E-state index is -0.705. The Balaban J connectivity index is 2.02. The van der Waals surface area contributed by atoms with Gasteiger partial charge in [-0.05, 0) is 30.7 Å². The quantitative estimate of drug-likeness (QED) is 0.642. The maximum absolute atomic E-state index is 12.4. The molecule has 0 amide bonds. The Morgan fingerprint density at radius 2 is 2.18 bits per heavy atom. The van der Waals surface area contributed by atoms with E-state index in [-0.39, 0.29) is 11.5 Å². The molecule has 2 aromatic rings. The fourth-order valence-electron chi connectivity index (χ4n) is 2.51. The zero-order valence-electron chi connectivity index (χ0n) is 12.0. The summed E-state index contributed by atoms with van der Waals surface area (Å²) in [5.74, 6) is -0.00544. The number of halogens is 1. The number of ether oxygens (including phenoxy) is 2. The van der Waals surface area contributed by atoms with E-state index in [2.05, 4.69) is 0 Å². The highest BCUT2D eigenvalue weighted by molar-refractivity contribution is 6.35.